The number of anilines is 2. The van der Waals surface area contributed by atoms with Crippen molar-refractivity contribution in [2.75, 3.05) is 24.4 Å². The topological polar surface area (TPSA) is 100 Å². The largest absolute Gasteiger partial charge is 0.497 e. The van der Waals surface area contributed by atoms with Crippen molar-refractivity contribution in [2.24, 2.45) is 0 Å². The van der Waals surface area contributed by atoms with Gasteiger partial charge in [0, 0.05) is 16.4 Å². The number of benzene rings is 3. The fraction of sp³-hybridized carbons (Fsp3) is 0.0800. The van der Waals surface area contributed by atoms with E-state index in [0.717, 1.165) is 0 Å². The normalized spacial score (nSPS) is 10.8. The summed E-state index contributed by atoms with van der Waals surface area (Å²) in [5.74, 6) is 0.147. The highest BCUT2D eigenvalue weighted by atomic mass is 79.9. The minimum atomic E-state index is -0.552. The summed E-state index contributed by atoms with van der Waals surface area (Å²) in [5.41, 5.74) is 1.61. The Morgan fingerprint density at radius 2 is 1.57 bits per heavy atom. The second-order valence-electron chi connectivity index (χ2n) is 7.01. The molecule has 0 saturated heterocycles. The van der Waals surface area contributed by atoms with Gasteiger partial charge in [-0.05, 0) is 104 Å². The van der Waals surface area contributed by atoms with Crippen molar-refractivity contribution in [3.05, 3.63) is 85.8 Å². The predicted octanol–water partition coefficient (Wildman–Crippen LogP) is 6.44. The van der Waals surface area contributed by atoms with Crippen LogP contribution in [0, 0.1) is 11.3 Å². The van der Waals surface area contributed by atoms with Crippen molar-refractivity contribution in [2.45, 2.75) is 0 Å². The average Bonchev–Trinajstić information content (AvgIpc) is 2.84. The zero-order valence-electron chi connectivity index (χ0n) is 18.3. The quantitative estimate of drug-likeness (QED) is 0.223. The third kappa shape index (κ3) is 7.59. The number of hydrogen-bond donors (Lipinski definition) is 2. The summed E-state index contributed by atoms with van der Waals surface area (Å²) >= 11 is 12.7. The van der Waals surface area contributed by atoms with E-state index in [9.17, 15) is 14.9 Å². The summed E-state index contributed by atoms with van der Waals surface area (Å²) in [7, 11) is 1.55. The second-order valence-corrected chi connectivity index (χ2v) is 9.15. The fourth-order valence-corrected chi connectivity index (χ4v) is 4.43. The summed E-state index contributed by atoms with van der Waals surface area (Å²) in [6, 6.07) is 18.7. The maximum atomic E-state index is 12.6. The van der Waals surface area contributed by atoms with Gasteiger partial charge in [-0.15, -0.1) is 0 Å². The number of nitrogens with one attached hydrogen (secondary N) is 2. The molecule has 0 aliphatic heterocycles. The van der Waals surface area contributed by atoms with Crippen molar-refractivity contribution in [1.29, 1.82) is 5.26 Å². The molecule has 178 valence electrons. The molecule has 0 unspecified atom stereocenters. The Labute approximate surface area is 223 Å². The van der Waals surface area contributed by atoms with Crippen LogP contribution in [-0.2, 0) is 9.59 Å². The van der Waals surface area contributed by atoms with Crippen LogP contribution in [0.2, 0.25) is 5.02 Å². The Bertz CT molecular complexity index is 1280. The standard InChI is InChI=1S/C25H18Br2ClN3O4/c1-34-20-8-6-19(7-9-20)31-25(33)16(13-29)10-15-11-21(26)24(22(27)12-15)35-14-23(32)30-18-4-2-17(28)3-5-18/h2-12H,14H2,1H3,(H,30,32)(H,31,33)/b16-10+. The van der Waals surface area contributed by atoms with Crippen molar-refractivity contribution >= 4 is 72.7 Å². The highest BCUT2D eigenvalue weighted by Gasteiger charge is 2.14. The Hall–Kier alpha value is -3.32. The molecule has 0 atom stereocenters. The lowest BCUT2D eigenvalue weighted by molar-refractivity contribution is -0.118. The van der Waals surface area contributed by atoms with Crippen molar-refractivity contribution in [3.63, 3.8) is 0 Å². The lowest BCUT2D eigenvalue weighted by atomic mass is 10.1. The first-order valence-electron chi connectivity index (χ1n) is 10.0. The van der Waals surface area contributed by atoms with Crippen LogP contribution in [0.4, 0.5) is 11.4 Å². The van der Waals surface area contributed by atoms with Crippen LogP contribution >= 0.6 is 43.5 Å². The molecule has 3 rings (SSSR count). The maximum Gasteiger partial charge on any atom is 0.266 e. The van der Waals surface area contributed by atoms with E-state index in [2.05, 4.69) is 42.5 Å². The first-order valence-corrected chi connectivity index (χ1v) is 12.0. The molecule has 3 aromatic rings. The molecule has 2 amide bonds. The minimum absolute atomic E-state index is 0.0874. The predicted molar refractivity (Wildman–Crippen MR) is 143 cm³/mol. The number of halogens is 3. The number of nitriles is 1. The van der Waals surface area contributed by atoms with E-state index >= 15 is 0 Å². The van der Waals surface area contributed by atoms with E-state index in [0.29, 0.717) is 42.4 Å². The van der Waals surface area contributed by atoms with Gasteiger partial charge in [0.05, 0.1) is 16.1 Å². The summed E-state index contributed by atoms with van der Waals surface area (Å²) in [5, 5.41) is 15.4. The van der Waals surface area contributed by atoms with Crippen molar-refractivity contribution in [3.8, 4) is 17.6 Å². The number of hydrogen-bond acceptors (Lipinski definition) is 5. The van der Waals surface area contributed by atoms with Crippen LogP contribution in [-0.4, -0.2) is 25.5 Å². The Morgan fingerprint density at radius 1 is 1.00 bits per heavy atom. The number of carbonyl (C=O) groups excluding carboxylic acids is 2. The Morgan fingerprint density at radius 3 is 2.14 bits per heavy atom. The molecule has 0 fully saturated rings. The van der Waals surface area contributed by atoms with Gasteiger partial charge in [0.2, 0.25) is 0 Å². The van der Waals surface area contributed by atoms with Crippen LogP contribution in [0.25, 0.3) is 6.08 Å². The molecule has 2 N–H and O–H groups in total. The van der Waals surface area contributed by atoms with E-state index in [4.69, 9.17) is 21.1 Å². The third-order valence-electron chi connectivity index (χ3n) is 4.52. The van der Waals surface area contributed by atoms with Gasteiger partial charge in [0.1, 0.15) is 23.1 Å². The first kappa shape index (κ1) is 26.3. The van der Waals surface area contributed by atoms with Gasteiger partial charge < -0.3 is 20.1 Å². The zero-order valence-corrected chi connectivity index (χ0v) is 22.2. The molecule has 0 aliphatic rings. The molecule has 0 aliphatic carbocycles. The first-order chi connectivity index (χ1) is 16.8. The fourth-order valence-electron chi connectivity index (χ4n) is 2.86. The average molecular weight is 620 g/mol. The molecule has 0 saturated carbocycles. The number of methoxy groups -OCH3 is 1. The molecule has 0 bridgehead atoms. The third-order valence-corrected chi connectivity index (χ3v) is 5.95. The lowest BCUT2D eigenvalue weighted by Crippen LogP contribution is -2.20. The maximum absolute atomic E-state index is 12.6. The summed E-state index contributed by atoms with van der Waals surface area (Å²) < 4.78 is 11.8. The van der Waals surface area contributed by atoms with Gasteiger partial charge in [0.15, 0.2) is 6.61 Å². The molecule has 0 spiro atoms. The van der Waals surface area contributed by atoms with E-state index in [-0.39, 0.29) is 18.1 Å². The zero-order chi connectivity index (χ0) is 25.4. The molecule has 0 heterocycles. The van der Waals surface area contributed by atoms with Gasteiger partial charge in [-0.25, -0.2) is 0 Å². The van der Waals surface area contributed by atoms with Gasteiger partial charge in [-0.3, -0.25) is 9.59 Å². The molecular weight excluding hydrogens is 602 g/mol. The number of rotatable bonds is 8. The Kier molecular flexibility index (Phi) is 9.32. The molecular formula is C25H18Br2ClN3O4. The highest BCUT2D eigenvalue weighted by molar-refractivity contribution is 9.11. The van der Waals surface area contributed by atoms with Crippen LogP contribution in [0.1, 0.15) is 5.56 Å². The van der Waals surface area contributed by atoms with Crippen LogP contribution in [0.5, 0.6) is 11.5 Å². The number of nitrogens with zero attached hydrogens (tertiary/aromatic N) is 1. The number of amides is 2. The van der Waals surface area contributed by atoms with Gasteiger partial charge in [0.25, 0.3) is 11.8 Å². The SMILES string of the molecule is COc1ccc(NC(=O)/C(C#N)=C/c2cc(Br)c(OCC(=O)Nc3ccc(Cl)cc3)c(Br)c2)cc1. The molecule has 0 radical (unpaired) electrons. The summed E-state index contributed by atoms with van der Waals surface area (Å²) in [6.07, 6.45) is 1.45. The smallest absolute Gasteiger partial charge is 0.266 e. The molecule has 3 aromatic carbocycles. The second kappa shape index (κ2) is 12.4. The van der Waals surface area contributed by atoms with Crippen LogP contribution in [0.15, 0.2) is 75.2 Å². The van der Waals surface area contributed by atoms with Crippen LogP contribution < -0.4 is 20.1 Å². The molecule has 7 nitrogen and oxygen atoms in total. The lowest BCUT2D eigenvalue weighted by Gasteiger charge is -2.12. The molecule has 0 aromatic heterocycles. The van der Waals surface area contributed by atoms with Crippen molar-refractivity contribution in [1.82, 2.24) is 0 Å². The minimum Gasteiger partial charge on any atom is -0.497 e. The summed E-state index contributed by atoms with van der Waals surface area (Å²) in [4.78, 5) is 24.8. The van der Waals surface area contributed by atoms with E-state index in [1.54, 1.807) is 67.8 Å². The van der Waals surface area contributed by atoms with E-state index in [1.165, 1.54) is 6.08 Å². The van der Waals surface area contributed by atoms with Gasteiger partial charge >= 0.3 is 0 Å². The number of ether oxygens (including phenoxy) is 2. The van der Waals surface area contributed by atoms with E-state index in [1.807, 2.05) is 6.07 Å². The molecule has 35 heavy (non-hydrogen) atoms. The number of carbonyl (C=O) groups is 2. The van der Waals surface area contributed by atoms with Crippen LogP contribution in [0.3, 0.4) is 0 Å². The van der Waals surface area contributed by atoms with Crippen molar-refractivity contribution < 1.29 is 19.1 Å². The highest BCUT2D eigenvalue weighted by Crippen LogP contribution is 2.35. The molecule has 10 heteroatoms. The van der Waals surface area contributed by atoms with Gasteiger partial charge in [-0.2, -0.15) is 5.26 Å². The Balaban J connectivity index is 1.67. The monoisotopic (exact) mass is 617 g/mol. The van der Waals surface area contributed by atoms with Gasteiger partial charge in [-0.1, -0.05) is 11.6 Å². The summed E-state index contributed by atoms with van der Waals surface area (Å²) in [6.45, 7) is -0.233. The van der Waals surface area contributed by atoms with E-state index < -0.39 is 5.91 Å².